The van der Waals surface area contributed by atoms with Gasteiger partial charge in [0.15, 0.2) is 0 Å². The van der Waals surface area contributed by atoms with E-state index in [2.05, 4.69) is 13.8 Å². The van der Waals surface area contributed by atoms with Crippen LogP contribution in [0.4, 0.5) is 0 Å². The molecule has 0 saturated carbocycles. The molecule has 0 amide bonds. The molecule has 0 aliphatic rings. The van der Waals surface area contributed by atoms with E-state index in [-0.39, 0.29) is 0 Å². The summed E-state index contributed by atoms with van der Waals surface area (Å²) in [5.74, 6) is 0.797. The first-order valence-corrected chi connectivity index (χ1v) is 15.5. The molecule has 0 rings (SSSR count). The highest BCUT2D eigenvalue weighted by Gasteiger charge is 2.06. The zero-order chi connectivity index (χ0) is 23.4. The normalized spacial score (nSPS) is 12.5. The molecule has 0 aromatic heterocycles. The summed E-state index contributed by atoms with van der Waals surface area (Å²) in [6, 6.07) is 0. The highest BCUT2D eigenvalue weighted by atomic mass is 14.5. The van der Waals surface area contributed by atoms with E-state index in [0.717, 1.165) is 12.5 Å². The Morgan fingerprint density at radius 1 is 0.344 bits per heavy atom. The summed E-state index contributed by atoms with van der Waals surface area (Å²) in [5, 5.41) is 0. The molecule has 0 bridgehead atoms. The molecule has 1 nitrogen and oxygen atoms in total. The van der Waals surface area contributed by atoms with Crippen LogP contribution in [0.3, 0.4) is 0 Å². The maximum absolute atomic E-state index is 6.06. The summed E-state index contributed by atoms with van der Waals surface area (Å²) in [6.45, 7) is 5.52. The zero-order valence-corrected chi connectivity index (χ0v) is 23.0. The van der Waals surface area contributed by atoms with E-state index in [4.69, 9.17) is 5.73 Å². The van der Waals surface area contributed by atoms with Crippen molar-refractivity contribution in [2.24, 2.45) is 11.7 Å². The van der Waals surface area contributed by atoms with E-state index in [1.807, 2.05) is 0 Å². The molecule has 1 heteroatoms. The van der Waals surface area contributed by atoms with Crippen LogP contribution in [0.2, 0.25) is 0 Å². The van der Waals surface area contributed by atoms with Crippen LogP contribution >= 0.6 is 0 Å². The lowest BCUT2D eigenvalue weighted by Gasteiger charge is -2.14. The first kappa shape index (κ1) is 32.0. The minimum atomic E-state index is 0.797. The predicted octanol–water partition coefficient (Wildman–Crippen LogP) is 11.1. The van der Waals surface area contributed by atoms with Crippen molar-refractivity contribution >= 4 is 0 Å². The van der Waals surface area contributed by atoms with E-state index in [1.54, 1.807) is 0 Å². The number of rotatable bonds is 28. The molecule has 2 N–H and O–H groups in total. The number of hydrogen-bond acceptors (Lipinski definition) is 1. The third-order valence-electron chi connectivity index (χ3n) is 7.52. The van der Waals surface area contributed by atoms with Crippen molar-refractivity contribution in [1.29, 1.82) is 0 Å². The van der Waals surface area contributed by atoms with E-state index in [9.17, 15) is 0 Å². The molecule has 0 heterocycles. The quantitative estimate of drug-likeness (QED) is 0.118. The van der Waals surface area contributed by atoms with Crippen LogP contribution in [0.25, 0.3) is 0 Å². The second-order valence-corrected chi connectivity index (χ2v) is 10.8. The summed E-state index contributed by atoms with van der Waals surface area (Å²) in [5.41, 5.74) is 6.06. The summed E-state index contributed by atoms with van der Waals surface area (Å²) < 4.78 is 0. The fraction of sp³-hybridized carbons (Fsp3) is 1.00. The van der Waals surface area contributed by atoms with Crippen molar-refractivity contribution < 1.29 is 0 Å². The highest BCUT2D eigenvalue weighted by Crippen LogP contribution is 2.19. The van der Waals surface area contributed by atoms with Crippen molar-refractivity contribution in [3.8, 4) is 0 Å². The maximum Gasteiger partial charge on any atom is -0.00489 e. The Kier molecular flexibility index (Phi) is 29.0. The van der Waals surface area contributed by atoms with Gasteiger partial charge >= 0.3 is 0 Å². The third-order valence-corrected chi connectivity index (χ3v) is 7.52. The molecule has 0 radical (unpaired) electrons. The molecule has 0 saturated heterocycles. The minimum Gasteiger partial charge on any atom is -0.330 e. The van der Waals surface area contributed by atoms with Gasteiger partial charge in [-0.05, 0) is 25.3 Å². The molecule has 0 aromatic rings. The summed E-state index contributed by atoms with van der Waals surface area (Å²) in [7, 11) is 0. The van der Waals surface area contributed by atoms with Gasteiger partial charge in [-0.25, -0.2) is 0 Å². The number of unbranched alkanes of at least 4 members (excludes halogenated alkanes) is 23. The van der Waals surface area contributed by atoms with Crippen LogP contribution in [0.1, 0.15) is 187 Å². The molecular weight excluding hydrogens is 386 g/mol. The van der Waals surface area contributed by atoms with Crippen molar-refractivity contribution in [1.82, 2.24) is 0 Å². The van der Waals surface area contributed by atoms with Crippen LogP contribution in [0, 0.1) is 5.92 Å². The monoisotopic (exact) mass is 452 g/mol. The SMILES string of the molecule is CCCCCCCCCCCCCCCC(CN)CCCCCCCCCCCCCC. The van der Waals surface area contributed by atoms with Gasteiger partial charge in [0, 0.05) is 0 Å². The maximum atomic E-state index is 6.06. The van der Waals surface area contributed by atoms with Gasteiger partial charge in [0.1, 0.15) is 0 Å². The average Bonchev–Trinajstić information content (AvgIpc) is 2.81. The van der Waals surface area contributed by atoms with Gasteiger partial charge in [-0.3, -0.25) is 0 Å². The molecule has 0 aliphatic carbocycles. The Morgan fingerprint density at radius 2 is 0.562 bits per heavy atom. The standard InChI is InChI=1S/C31H65N/c1-3-5-7-9-11-13-15-17-19-21-23-25-27-29-31(30-32)28-26-24-22-20-18-16-14-12-10-8-6-4-2/h31H,3-30,32H2,1-2H3. The first-order chi connectivity index (χ1) is 15.8. The summed E-state index contributed by atoms with van der Waals surface area (Å²) in [6.07, 6.45) is 39.0. The average molecular weight is 452 g/mol. The molecule has 0 fully saturated rings. The highest BCUT2D eigenvalue weighted by molar-refractivity contribution is 4.61. The Hall–Kier alpha value is -0.0400. The van der Waals surface area contributed by atoms with Gasteiger partial charge in [-0.15, -0.1) is 0 Å². The third kappa shape index (κ3) is 26.2. The van der Waals surface area contributed by atoms with Crippen molar-refractivity contribution in [3.63, 3.8) is 0 Å². The van der Waals surface area contributed by atoms with E-state index >= 15 is 0 Å². The molecule has 194 valence electrons. The summed E-state index contributed by atoms with van der Waals surface area (Å²) >= 11 is 0. The van der Waals surface area contributed by atoms with Crippen LogP contribution in [0.15, 0.2) is 0 Å². The van der Waals surface area contributed by atoms with Crippen LogP contribution in [-0.2, 0) is 0 Å². The Morgan fingerprint density at radius 3 is 0.781 bits per heavy atom. The van der Waals surface area contributed by atoms with Crippen molar-refractivity contribution in [3.05, 3.63) is 0 Å². The topological polar surface area (TPSA) is 26.0 Å². The van der Waals surface area contributed by atoms with Crippen molar-refractivity contribution in [2.45, 2.75) is 187 Å². The second kappa shape index (κ2) is 29.0. The first-order valence-electron chi connectivity index (χ1n) is 15.5. The lowest BCUT2D eigenvalue weighted by molar-refractivity contribution is 0.409. The molecule has 0 aliphatic heterocycles. The van der Waals surface area contributed by atoms with E-state index in [0.29, 0.717) is 0 Å². The van der Waals surface area contributed by atoms with Crippen LogP contribution in [0.5, 0.6) is 0 Å². The smallest absolute Gasteiger partial charge is 0.00489 e. The molecule has 1 atom stereocenters. The van der Waals surface area contributed by atoms with Crippen molar-refractivity contribution in [2.75, 3.05) is 6.54 Å². The van der Waals surface area contributed by atoms with E-state index < -0.39 is 0 Å². The fourth-order valence-electron chi connectivity index (χ4n) is 5.10. The van der Waals surface area contributed by atoms with Gasteiger partial charge in [-0.2, -0.15) is 0 Å². The van der Waals surface area contributed by atoms with Gasteiger partial charge < -0.3 is 5.73 Å². The Labute approximate surface area is 205 Å². The second-order valence-electron chi connectivity index (χ2n) is 10.8. The largest absolute Gasteiger partial charge is 0.330 e. The minimum absolute atomic E-state index is 0.797. The molecule has 0 aromatic carbocycles. The lowest BCUT2D eigenvalue weighted by Crippen LogP contribution is -2.14. The lowest BCUT2D eigenvalue weighted by atomic mass is 9.94. The van der Waals surface area contributed by atoms with Crippen LogP contribution < -0.4 is 5.73 Å². The Balaban J connectivity index is 3.26. The van der Waals surface area contributed by atoms with Gasteiger partial charge in [0.2, 0.25) is 0 Å². The van der Waals surface area contributed by atoms with Gasteiger partial charge in [0.25, 0.3) is 0 Å². The molecule has 32 heavy (non-hydrogen) atoms. The van der Waals surface area contributed by atoms with Gasteiger partial charge in [-0.1, -0.05) is 174 Å². The molecular formula is C31H65N. The van der Waals surface area contributed by atoms with Crippen LogP contribution in [-0.4, -0.2) is 6.54 Å². The predicted molar refractivity (Wildman–Crippen MR) is 149 cm³/mol. The van der Waals surface area contributed by atoms with E-state index in [1.165, 1.54) is 173 Å². The zero-order valence-electron chi connectivity index (χ0n) is 23.0. The Bertz CT molecular complexity index is 314. The summed E-state index contributed by atoms with van der Waals surface area (Å²) in [4.78, 5) is 0. The number of hydrogen-bond donors (Lipinski definition) is 1. The van der Waals surface area contributed by atoms with Gasteiger partial charge in [0.05, 0.1) is 0 Å². The number of nitrogens with two attached hydrogens (primary N) is 1. The molecule has 1 unspecified atom stereocenters. The fourth-order valence-corrected chi connectivity index (χ4v) is 5.10. The molecule has 0 spiro atoms.